The fourth-order valence-electron chi connectivity index (χ4n) is 3.01. The molecule has 0 bridgehead atoms. The average molecular weight is 430 g/mol. The largest absolute Gasteiger partial charge is 0.483 e. The second-order valence-electron chi connectivity index (χ2n) is 6.61. The highest BCUT2D eigenvalue weighted by Crippen LogP contribution is 2.27. The molecule has 150 valence electrons. The van der Waals surface area contributed by atoms with E-state index in [2.05, 4.69) is 10.5 Å². The fraction of sp³-hybridized carbons (Fsp3) is 0.182. The Morgan fingerprint density at radius 3 is 2.59 bits per heavy atom. The van der Waals surface area contributed by atoms with E-state index in [1.807, 2.05) is 67.8 Å². The molecule has 29 heavy (non-hydrogen) atoms. The van der Waals surface area contributed by atoms with Crippen LogP contribution in [0.15, 0.2) is 53.6 Å². The summed E-state index contributed by atoms with van der Waals surface area (Å²) in [5, 5.41) is 5.05. The minimum atomic E-state index is -0.331. The van der Waals surface area contributed by atoms with Crippen LogP contribution in [0.2, 0.25) is 10.0 Å². The number of hydrazone groups is 1. The van der Waals surface area contributed by atoms with Gasteiger partial charge < -0.3 is 9.30 Å². The number of nitrogens with one attached hydrogen (secondary N) is 1. The summed E-state index contributed by atoms with van der Waals surface area (Å²) in [7, 11) is 0. The fourth-order valence-corrected chi connectivity index (χ4v) is 3.30. The lowest BCUT2D eigenvalue weighted by atomic mass is 10.2. The molecular formula is C22H21Cl2N3O2. The molecular weight excluding hydrogens is 409 g/mol. The van der Waals surface area contributed by atoms with Crippen LogP contribution in [0.1, 0.15) is 22.5 Å². The molecule has 7 heteroatoms. The van der Waals surface area contributed by atoms with Crippen molar-refractivity contribution < 1.29 is 9.53 Å². The second kappa shape index (κ2) is 9.16. The standard InChI is InChI=1S/C22H21Cl2N3O2/c1-14-6-4-5-7-21(14)29-13-22(28)26-25-12-17-10-15(2)27(16(17)3)18-8-9-19(23)20(24)11-18/h4-12H,13H2,1-3H3,(H,26,28)/b25-12+. The third kappa shape index (κ3) is 5.00. The highest BCUT2D eigenvalue weighted by atomic mass is 35.5. The van der Waals surface area contributed by atoms with Gasteiger partial charge in [0.05, 0.1) is 16.3 Å². The zero-order valence-electron chi connectivity index (χ0n) is 16.4. The lowest BCUT2D eigenvalue weighted by Crippen LogP contribution is -2.24. The van der Waals surface area contributed by atoms with Gasteiger partial charge in [0.1, 0.15) is 5.75 Å². The number of benzene rings is 2. The zero-order chi connectivity index (χ0) is 21.0. The van der Waals surface area contributed by atoms with E-state index in [0.29, 0.717) is 15.8 Å². The molecule has 0 saturated heterocycles. The van der Waals surface area contributed by atoms with Gasteiger partial charge in [-0.05, 0) is 56.7 Å². The second-order valence-corrected chi connectivity index (χ2v) is 7.42. The van der Waals surface area contributed by atoms with Crippen molar-refractivity contribution in [3.8, 4) is 11.4 Å². The van der Waals surface area contributed by atoms with E-state index in [9.17, 15) is 4.79 Å². The first-order valence-corrected chi connectivity index (χ1v) is 9.77. The predicted octanol–water partition coefficient (Wildman–Crippen LogP) is 5.24. The van der Waals surface area contributed by atoms with Gasteiger partial charge in [-0.2, -0.15) is 5.10 Å². The molecule has 1 heterocycles. The minimum Gasteiger partial charge on any atom is -0.483 e. The van der Waals surface area contributed by atoms with Crippen molar-refractivity contribution in [1.29, 1.82) is 0 Å². The average Bonchev–Trinajstić information content (AvgIpc) is 2.97. The Morgan fingerprint density at radius 1 is 1.10 bits per heavy atom. The number of halogens is 2. The van der Waals surface area contributed by atoms with Gasteiger partial charge in [0.2, 0.25) is 0 Å². The smallest absolute Gasteiger partial charge is 0.277 e. The number of rotatable bonds is 6. The minimum absolute atomic E-state index is 0.107. The molecule has 0 unspecified atom stereocenters. The number of para-hydroxylation sites is 1. The van der Waals surface area contributed by atoms with E-state index in [-0.39, 0.29) is 12.5 Å². The van der Waals surface area contributed by atoms with Crippen molar-refractivity contribution >= 4 is 35.3 Å². The number of ether oxygens (including phenoxy) is 1. The first-order chi connectivity index (χ1) is 13.9. The summed E-state index contributed by atoms with van der Waals surface area (Å²) in [5.41, 5.74) is 7.23. The summed E-state index contributed by atoms with van der Waals surface area (Å²) in [6.45, 7) is 5.78. The molecule has 3 rings (SSSR count). The molecule has 2 aromatic carbocycles. The van der Waals surface area contributed by atoms with Crippen molar-refractivity contribution in [2.24, 2.45) is 5.10 Å². The third-order valence-corrected chi connectivity index (χ3v) is 5.22. The van der Waals surface area contributed by atoms with Crippen LogP contribution >= 0.6 is 23.2 Å². The summed E-state index contributed by atoms with van der Waals surface area (Å²) in [6, 6.07) is 15.0. The van der Waals surface area contributed by atoms with Crippen molar-refractivity contribution in [2.75, 3.05) is 6.61 Å². The highest BCUT2D eigenvalue weighted by molar-refractivity contribution is 6.42. The quantitative estimate of drug-likeness (QED) is 0.430. The van der Waals surface area contributed by atoms with Crippen molar-refractivity contribution in [3.05, 3.63) is 81.1 Å². The van der Waals surface area contributed by atoms with Gasteiger partial charge >= 0.3 is 0 Å². The van der Waals surface area contributed by atoms with Crippen LogP contribution in [0.3, 0.4) is 0 Å². The first-order valence-electron chi connectivity index (χ1n) is 9.01. The lowest BCUT2D eigenvalue weighted by Gasteiger charge is -2.10. The van der Waals surface area contributed by atoms with E-state index in [1.54, 1.807) is 12.3 Å². The van der Waals surface area contributed by atoms with Gasteiger partial charge in [-0.3, -0.25) is 4.79 Å². The molecule has 0 saturated carbocycles. The summed E-state index contributed by atoms with van der Waals surface area (Å²) >= 11 is 12.2. The maximum Gasteiger partial charge on any atom is 0.277 e. The van der Waals surface area contributed by atoms with Gasteiger partial charge in [0.25, 0.3) is 5.91 Å². The molecule has 1 N–H and O–H groups in total. The molecule has 3 aromatic rings. The Kier molecular flexibility index (Phi) is 6.62. The maximum absolute atomic E-state index is 12.0. The molecule has 0 fully saturated rings. The van der Waals surface area contributed by atoms with Gasteiger partial charge in [-0.1, -0.05) is 41.4 Å². The number of carbonyl (C=O) groups excluding carboxylic acids is 1. The zero-order valence-corrected chi connectivity index (χ0v) is 17.9. The number of amides is 1. The summed E-state index contributed by atoms with van der Waals surface area (Å²) in [6.07, 6.45) is 1.61. The van der Waals surface area contributed by atoms with Crippen LogP contribution in [-0.4, -0.2) is 23.3 Å². The number of aryl methyl sites for hydroxylation is 2. The normalized spacial score (nSPS) is 11.1. The molecule has 0 aliphatic rings. The summed E-state index contributed by atoms with van der Waals surface area (Å²) < 4.78 is 7.56. The van der Waals surface area contributed by atoms with E-state index in [1.165, 1.54) is 0 Å². The molecule has 0 atom stereocenters. The number of carbonyl (C=O) groups is 1. The van der Waals surface area contributed by atoms with Crippen LogP contribution in [0, 0.1) is 20.8 Å². The maximum atomic E-state index is 12.0. The van der Waals surface area contributed by atoms with E-state index in [4.69, 9.17) is 27.9 Å². The number of aromatic nitrogens is 1. The Hall–Kier alpha value is -2.76. The number of nitrogens with zero attached hydrogens (tertiary/aromatic N) is 2. The van der Waals surface area contributed by atoms with Gasteiger partial charge in [0, 0.05) is 22.6 Å². The number of hydrogen-bond donors (Lipinski definition) is 1. The van der Waals surface area contributed by atoms with Gasteiger partial charge in [-0.25, -0.2) is 5.43 Å². The first kappa shape index (κ1) is 21.0. The molecule has 0 spiro atoms. The Morgan fingerprint density at radius 2 is 1.86 bits per heavy atom. The topological polar surface area (TPSA) is 55.6 Å². The van der Waals surface area contributed by atoms with Crippen LogP contribution in [0.25, 0.3) is 5.69 Å². The summed E-state index contributed by atoms with van der Waals surface area (Å²) in [4.78, 5) is 12.0. The molecule has 5 nitrogen and oxygen atoms in total. The predicted molar refractivity (Wildman–Crippen MR) is 118 cm³/mol. The van der Waals surface area contributed by atoms with Crippen LogP contribution < -0.4 is 10.2 Å². The number of hydrogen-bond acceptors (Lipinski definition) is 3. The van der Waals surface area contributed by atoms with Crippen molar-refractivity contribution in [3.63, 3.8) is 0 Å². The highest BCUT2D eigenvalue weighted by Gasteiger charge is 2.11. The van der Waals surface area contributed by atoms with E-state index >= 15 is 0 Å². The van der Waals surface area contributed by atoms with Crippen LogP contribution in [0.5, 0.6) is 5.75 Å². The monoisotopic (exact) mass is 429 g/mol. The molecule has 0 aliphatic heterocycles. The van der Waals surface area contributed by atoms with Crippen LogP contribution in [-0.2, 0) is 4.79 Å². The third-order valence-electron chi connectivity index (χ3n) is 4.48. The molecule has 0 radical (unpaired) electrons. The van der Waals surface area contributed by atoms with Gasteiger partial charge in [0.15, 0.2) is 6.61 Å². The Bertz CT molecular complexity index is 1070. The summed E-state index contributed by atoms with van der Waals surface area (Å²) in [5.74, 6) is 0.347. The van der Waals surface area contributed by atoms with Gasteiger partial charge in [-0.15, -0.1) is 0 Å². The Balaban J connectivity index is 1.66. The van der Waals surface area contributed by atoms with E-state index < -0.39 is 0 Å². The molecule has 0 aliphatic carbocycles. The van der Waals surface area contributed by atoms with E-state index in [0.717, 1.165) is 28.2 Å². The molecule has 1 amide bonds. The van der Waals surface area contributed by atoms with Crippen molar-refractivity contribution in [2.45, 2.75) is 20.8 Å². The Labute approximate surface area is 179 Å². The van der Waals surface area contributed by atoms with Crippen molar-refractivity contribution in [1.82, 2.24) is 9.99 Å². The lowest BCUT2D eigenvalue weighted by molar-refractivity contribution is -0.123. The van der Waals surface area contributed by atoms with Crippen LogP contribution in [0.4, 0.5) is 0 Å². The molecule has 1 aromatic heterocycles. The SMILES string of the molecule is Cc1ccccc1OCC(=O)N/N=C/c1cc(C)n(-c2ccc(Cl)c(Cl)c2)c1C.